The van der Waals surface area contributed by atoms with E-state index in [1.165, 1.54) is 6.07 Å². The molecular weight excluding hydrogens is 327 g/mol. The zero-order chi connectivity index (χ0) is 18.6. The van der Waals surface area contributed by atoms with E-state index in [0.717, 1.165) is 0 Å². The molecule has 1 aromatic rings. The van der Waals surface area contributed by atoms with Crippen molar-refractivity contribution in [1.29, 1.82) is 0 Å². The highest BCUT2D eigenvalue weighted by molar-refractivity contribution is 5.85. The Balaban J connectivity index is 1.97. The molecule has 0 bridgehead atoms. The number of carbonyl (C=O) groups is 2. The lowest BCUT2D eigenvalue weighted by molar-refractivity contribution is -0.141. The normalized spacial score (nSPS) is 19.2. The van der Waals surface area contributed by atoms with Gasteiger partial charge in [-0.3, -0.25) is 4.79 Å². The van der Waals surface area contributed by atoms with Gasteiger partial charge in [0.15, 0.2) is 0 Å². The van der Waals surface area contributed by atoms with Crippen molar-refractivity contribution in [2.45, 2.75) is 45.4 Å². The SMILES string of the molecule is C[C@@H](NC(=O)OC(C)(C)C)C(=O)N1CCO[C@@H](c2ccccc2F)C1. The van der Waals surface area contributed by atoms with E-state index in [-0.39, 0.29) is 18.3 Å². The van der Waals surface area contributed by atoms with Gasteiger partial charge in [0.1, 0.15) is 23.6 Å². The third-order valence-corrected chi connectivity index (χ3v) is 3.73. The van der Waals surface area contributed by atoms with Crippen LogP contribution in [0.15, 0.2) is 24.3 Å². The van der Waals surface area contributed by atoms with E-state index in [2.05, 4.69) is 5.32 Å². The second-order valence-corrected chi connectivity index (χ2v) is 7.03. The van der Waals surface area contributed by atoms with E-state index < -0.39 is 23.8 Å². The van der Waals surface area contributed by atoms with Gasteiger partial charge in [-0.15, -0.1) is 0 Å². The molecule has 1 aliphatic heterocycles. The monoisotopic (exact) mass is 352 g/mol. The van der Waals surface area contributed by atoms with Crippen molar-refractivity contribution in [3.8, 4) is 0 Å². The number of hydrogen-bond donors (Lipinski definition) is 1. The van der Waals surface area contributed by atoms with Crippen molar-refractivity contribution in [3.63, 3.8) is 0 Å². The van der Waals surface area contributed by atoms with E-state index >= 15 is 0 Å². The number of nitrogens with one attached hydrogen (secondary N) is 1. The predicted molar refractivity (Wildman–Crippen MR) is 90.5 cm³/mol. The van der Waals surface area contributed by atoms with Crippen LogP contribution in [0.2, 0.25) is 0 Å². The Bertz CT molecular complexity index is 630. The molecule has 1 fully saturated rings. The number of ether oxygens (including phenoxy) is 2. The molecule has 1 saturated heterocycles. The van der Waals surface area contributed by atoms with Gasteiger partial charge in [0.25, 0.3) is 0 Å². The summed E-state index contributed by atoms with van der Waals surface area (Å²) >= 11 is 0. The minimum atomic E-state index is -0.741. The van der Waals surface area contributed by atoms with Crippen LogP contribution in [-0.4, -0.2) is 48.2 Å². The first-order chi connectivity index (χ1) is 11.7. The van der Waals surface area contributed by atoms with E-state index in [4.69, 9.17) is 9.47 Å². The number of amides is 2. The standard InChI is InChI=1S/C18H25FN2O4/c1-12(20-17(23)25-18(2,3)4)16(22)21-9-10-24-15(11-21)13-7-5-6-8-14(13)19/h5-8,12,15H,9-11H2,1-4H3,(H,20,23)/t12-,15-/m1/s1. The number of rotatable bonds is 3. The largest absolute Gasteiger partial charge is 0.444 e. The second kappa shape index (κ2) is 7.82. The molecule has 7 heteroatoms. The van der Waals surface area contributed by atoms with Crippen LogP contribution in [0.5, 0.6) is 0 Å². The first-order valence-electron chi connectivity index (χ1n) is 8.31. The summed E-state index contributed by atoms with van der Waals surface area (Å²) in [5, 5.41) is 2.53. The summed E-state index contributed by atoms with van der Waals surface area (Å²) in [5.41, 5.74) is -0.213. The van der Waals surface area contributed by atoms with Crippen LogP contribution >= 0.6 is 0 Å². The first-order valence-corrected chi connectivity index (χ1v) is 8.31. The summed E-state index contributed by atoms with van der Waals surface area (Å²) in [6.07, 6.45) is -1.17. The fourth-order valence-corrected chi connectivity index (χ4v) is 2.59. The van der Waals surface area contributed by atoms with Crippen molar-refractivity contribution < 1.29 is 23.5 Å². The van der Waals surface area contributed by atoms with Gasteiger partial charge >= 0.3 is 6.09 Å². The first kappa shape index (κ1) is 19.2. The van der Waals surface area contributed by atoms with Crippen molar-refractivity contribution in [1.82, 2.24) is 10.2 Å². The molecule has 2 rings (SSSR count). The molecule has 1 heterocycles. The molecule has 1 aliphatic rings. The third kappa shape index (κ3) is 5.42. The summed E-state index contributed by atoms with van der Waals surface area (Å²) in [6.45, 7) is 7.79. The lowest BCUT2D eigenvalue weighted by atomic mass is 10.1. The lowest BCUT2D eigenvalue weighted by Crippen LogP contribution is -2.51. The Kier molecular flexibility index (Phi) is 6.00. The van der Waals surface area contributed by atoms with Crippen molar-refractivity contribution in [2.24, 2.45) is 0 Å². The number of hydrogen-bond acceptors (Lipinski definition) is 4. The molecule has 2 atom stereocenters. The molecule has 0 spiro atoms. The van der Waals surface area contributed by atoms with Gasteiger partial charge in [-0.25, -0.2) is 9.18 Å². The van der Waals surface area contributed by atoms with Crippen molar-refractivity contribution in [2.75, 3.05) is 19.7 Å². The fourth-order valence-electron chi connectivity index (χ4n) is 2.59. The molecule has 0 aromatic heterocycles. The zero-order valence-corrected chi connectivity index (χ0v) is 15.0. The highest BCUT2D eigenvalue weighted by Gasteiger charge is 2.30. The number of morpholine rings is 1. The molecule has 2 amide bonds. The summed E-state index contributed by atoms with van der Waals surface area (Å²) in [6, 6.07) is 5.61. The summed E-state index contributed by atoms with van der Waals surface area (Å²) in [4.78, 5) is 25.9. The van der Waals surface area contributed by atoms with Crippen molar-refractivity contribution in [3.05, 3.63) is 35.6 Å². The fraction of sp³-hybridized carbons (Fsp3) is 0.556. The number of carbonyl (C=O) groups excluding carboxylic acids is 2. The van der Waals surface area contributed by atoms with E-state index in [9.17, 15) is 14.0 Å². The second-order valence-electron chi connectivity index (χ2n) is 7.03. The Labute approximate surface area is 147 Å². The maximum atomic E-state index is 13.9. The maximum absolute atomic E-state index is 13.9. The Morgan fingerprint density at radius 2 is 2.04 bits per heavy atom. The van der Waals surface area contributed by atoms with Gasteiger partial charge in [-0.2, -0.15) is 0 Å². The highest BCUT2D eigenvalue weighted by atomic mass is 19.1. The summed E-state index contributed by atoms with van der Waals surface area (Å²) in [5.74, 6) is -0.614. The molecule has 25 heavy (non-hydrogen) atoms. The highest BCUT2D eigenvalue weighted by Crippen LogP contribution is 2.24. The minimum Gasteiger partial charge on any atom is -0.444 e. The quantitative estimate of drug-likeness (QED) is 0.908. The minimum absolute atomic E-state index is 0.236. The van der Waals surface area contributed by atoms with Crippen LogP contribution in [0.1, 0.15) is 39.4 Å². The number of benzene rings is 1. The van der Waals surface area contributed by atoms with Gasteiger partial charge in [0, 0.05) is 12.1 Å². The number of halogens is 1. The zero-order valence-electron chi connectivity index (χ0n) is 15.0. The van der Waals surface area contributed by atoms with Crippen molar-refractivity contribution >= 4 is 12.0 Å². The van der Waals surface area contributed by atoms with Crippen LogP contribution < -0.4 is 5.32 Å². The van der Waals surface area contributed by atoms with Crippen LogP contribution in [0.3, 0.4) is 0 Å². The van der Waals surface area contributed by atoms with Crippen LogP contribution in [0.4, 0.5) is 9.18 Å². The molecule has 1 aromatic carbocycles. The van der Waals surface area contributed by atoms with Crippen LogP contribution in [0.25, 0.3) is 0 Å². The number of alkyl carbamates (subject to hydrolysis) is 1. The Hall–Kier alpha value is -2.15. The van der Waals surface area contributed by atoms with Gasteiger partial charge < -0.3 is 19.7 Å². The lowest BCUT2D eigenvalue weighted by Gasteiger charge is -2.35. The predicted octanol–water partition coefficient (Wildman–Crippen LogP) is 2.64. The van der Waals surface area contributed by atoms with Gasteiger partial charge in [-0.05, 0) is 33.8 Å². The molecule has 0 aliphatic carbocycles. The topological polar surface area (TPSA) is 67.9 Å². The number of nitrogens with zero attached hydrogens (tertiary/aromatic N) is 1. The molecule has 138 valence electrons. The molecular formula is C18H25FN2O4. The molecule has 1 N–H and O–H groups in total. The summed E-state index contributed by atoms with van der Waals surface area (Å²) < 4.78 is 24.7. The van der Waals surface area contributed by atoms with E-state index in [1.54, 1.807) is 50.8 Å². The Morgan fingerprint density at radius 3 is 2.68 bits per heavy atom. The van der Waals surface area contributed by atoms with Gasteiger partial charge in [0.2, 0.25) is 5.91 Å². The Morgan fingerprint density at radius 1 is 1.36 bits per heavy atom. The third-order valence-electron chi connectivity index (χ3n) is 3.73. The average molecular weight is 352 g/mol. The van der Waals surface area contributed by atoms with Gasteiger partial charge in [-0.1, -0.05) is 18.2 Å². The van der Waals surface area contributed by atoms with E-state index in [1.807, 2.05) is 0 Å². The molecule has 6 nitrogen and oxygen atoms in total. The molecule has 0 radical (unpaired) electrons. The summed E-state index contributed by atoms with van der Waals surface area (Å²) in [7, 11) is 0. The average Bonchev–Trinajstić information content (AvgIpc) is 2.52. The smallest absolute Gasteiger partial charge is 0.408 e. The van der Waals surface area contributed by atoms with Gasteiger partial charge in [0.05, 0.1) is 13.2 Å². The maximum Gasteiger partial charge on any atom is 0.408 e. The van der Waals surface area contributed by atoms with Crippen LogP contribution in [0, 0.1) is 5.82 Å². The van der Waals surface area contributed by atoms with Crippen LogP contribution in [-0.2, 0) is 14.3 Å². The molecule has 0 unspecified atom stereocenters. The molecule has 0 saturated carbocycles. The van der Waals surface area contributed by atoms with E-state index in [0.29, 0.717) is 18.7 Å².